The van der Waals surface area contributed by atoms with Crippen molar-refractivity contribution in [2.45, 2.75) is 111 Å². The monoisotopic (exact) mass is 469 g/mol. The van der Waals surface area contributed by atoms with Gasteiger partial charge in [-0.3, -0.25) is 0 Å². The first kappa shape index (κ1) is 30.2. The van der Waals surface area contributed by atoms with Crippen molar-refractivity contribution < 1.29 is 17.0 Å². The Kier molecular flexibility index (Phi) is 14.9. The van der Waals surface area contributed by atoms with Gasteiger partial charge in [-0.05, 0) is 57.1 Å². The predicted octanol–water partition coefficient (Wildman–Crippen LogP) is 9.80. The zero-order valence-corrected chi connectivity index (χ0v) is 23.3. The molecule has 27 heavy (non-hydrogen) atoms. The van der Waals surface area contributed by atoms with E-state index in [4.69, 9.17) is 18.6 Å². The minimum absolute atomic E-state index is 0. The van der Waals surface area contributed by atoms with Gasteiger partial charge >= 0.3 is 35.6 Å². The molecule has 0 heterocycles. The van der Waals surface area contributed by atoms with E-state index in [1.165, 1.54) is 54.4 Å². The normalized spacial score (nSPS) is 18.7. The Morgan fingerprint density at radius 1 is 0.815 bits per heavy atom. The molecule has 0 bridgehead atoms. The molecule has 0 saturated heterocycles. The van der Waals surface area contributed by atoms with Crippen LogP contribution in [0.3, 0.4) is 0 Å². The summed E-state index contributed by atoms with van der Waals surface area (Å²) in [5, 5.41) is 11.4. The van der Waals surface area contributed by atoms with Gasteiger partial charge < -0.3 is 12.6 Å². The maximum atomic E-state index is 11.5. The van der Waals surface area contributed by atoms with E-state index in [0.717, 1.165) is 0 Å². The molecule has 0 radical (unpaired) electrons. The fourth-order valence-electron chi connectivity index (χ4n) is 4.62. The number of halogens is 2. The van der Waals surface area contributed by atoms with Crippen LogP contribution in [-0.2, 0) is 17.0 Å². The van der Waals surface area contributed by atoms with Crippen LogP contribution in [0.1, 0.15) is 94.4 Å². The summed E-state index contributed by atoms with van der Waals surface area (Å²) in [7, 11) is 7.70. The molecule has 2 aliphatic rings. The van der Waals surface area contributed by atoms with E-state index in [-0.39, 0.29) is 12.6 Å². The summed E-state index contributed by atoms with van der Waals surface area (Å²) in [5.74, 6) is 0. The Hall–Kier alpha value is 1.00. The molecule has 2 aliphatic carbocycles. The van der Waals surface area contributed by atoms with Crippen LogP contribution in [0, 0.1) is 7.43 Å². The second-order valence-corrected chi connectivity index (χ2v) is 15.4. The van der Waals surface area contributed by atoms with E-state index < -0.39 is 24.1 Å². The molecule has 0 aliphatic heterocycles. The van der Waals surface area contributed by atoms with E-state index in [1.807, 2.05) is 0 Å². The summed E-state index contributed by atoms with van der Waals surface area (Å²) in [6.07, 6.45) is 7.50. The number of nitrogens with zero attached hydrogens (tertiary/aromatic N) is 1. The van der Waals surface area contributed by atoms with Crippen molar-refractivity contribution in [3.8, 4) is 0 Å². The maximum absolute atomic E-state index is 11.5. The van der Waals surface area contributed by atoms with Gasteiger partial charge in [-0.2, -0.15) is 0 Å². The van der Waals surface area contributed by atoms with Gasteiger partial charge in [-0.15, -0.1) is 0 Å². The van der Waals surface area contributed by atoms with Gasteiger partial charge in [-0.25, -0.2) is 7.05 Å². The second-order valence-electron chi connectivity index (χ2n) is 8.34. The third-order valence-electron chi connectivity index (χ3n) is 6.69. The molecule has 0 amide bonds. The van der Waals surface area contributed by atoms with E-state index in [2.05, 4.69) is 62.3 Å². The van der Waals surface area contributed by atoms with Crippen molar-refractivity contribution in [2.75, 3.05) is 0 Å². The fourth-order valence-corrected chi connectivity index (χ4v) is 9.29. The third kappa shape index (κ3) is 6.49. The molecule has 0 atom stereocenters. The molecular formula is C22H42Cl2NPTi-2. The van der Waals surface area contributed by atoms with Gasteiger partial charge in [0.2, 0.25) is 0 Å². The van der Waals surface area contributed by atoms with Crippen LogP contribution in [-0.4, -0.2) is 16.5 Å². The molecule has 0 unspecified atom stereocenters. The van der Waals surface area contributed by atoms with Crippen LogP contribution in [0.2, 0.25) is 0 Å². The summed E-state index contributed by atoms with van der Waals surface area (Å²) in [6.45, 7) is 19.8. The summed E-state index contributed by atoms with van der Waals surface area (Å²) in [4.78, 5) is 0. The molecule has 0 spiro atoms. The first-order chi connectivity index (χ1) is 11.9. The Balaban J connectivity index is 0. The first-order valence-electron chi connectivity index (χ1n) is 9.88. The Morgan fingerprint density at radius 3 is 1.22 bits per heavy atom. The molecule has 1 nitrogen and oxygen atoms in total. The van der Waals surface area contributed by atoms with Crippen molar-refractivity contribution in [2.24, 2.45) is 0 Å². The summed E-state index contributed by atoms with van der Waals surface area (Å²) in [6, 6.07) is 0. The van der Waals surface area contributed by atoms with Crippen LogP contribution >= 0.6 is 25.7 Å². The molecule has 0 aromatic rings. The molecule has 5 heteroatoms. The summed E-state index contributed by atoms with van der Waals surface area (Å²) < 4.78 is 0. The molecule has 1 fully saturated rings. The summed E-state index contributed by atoms with van der Waals surface area (Å²) in [5.41, 5.74) is 6.22. The van der Waals surface area contributed by atoms with Crippen LogP contribution in [0.5, 0.6) is 0 Å². The van der Waals surface area contributed by atoms with Crippen LogP contribution in [0.15, 0.2) is 22.3 Å². The quantitative estimate of drug-likeness (QED) is 0.223. The van der Waals surface area contributed by atoms with Crippen molar-refractivity contribution >= 4 is 25.7 Å². The van der Waals surface area contributed by atoms with E-state index in [1.54, 1.807) is 0 Å². The first-order valence-corrected chi connectivity index (χ1v) is 16.1. The van der Waals surface area contributed by atoms with E-state index in [0.29, 0.717) is 11.3 Å². The number of allylic oxidation sites excluding steroid dienone is 4. The third-order valence-corrected chi connectivity index (χ3v) is 11.9. The van der Waals surface area contributed by atoms with Crippen molar-refractivity contribution in [1.29, 1.82) is 0 Å². The number of rotatable bonds is 3. The SMILES string of the molecule is C1CCCC1.CC1=C(C)C(C)(P(=[N-])(C(C)C)C(C)C)C(C)=C1C.[CH3-].[Cl][Ti][Cl]. The van der Waals surface area contributed by atoms with Gasteiger partial charge in [-0.1, -0.05) is 70.9 Å². The van der Waals surface area contributed by atoms with Crippen LogP contribution < -0.4 is 0 Å². The molecular weight excluding hydrogens is 428 g/mol. The summed E-state index contributed by atoms with van der Waals surface area (Å²) >= 11 is -0.556. The standard InChI is InChI=1S/C16H29NP.C5H10.CH3.2ClH.Ti/c1-10(2)18(17,11(3)4)16(9)14(7)12(5)13(6)15(16)8;1-2-4-5-3-1;;;;/h10-11H,1-9H3;1-5H2;1H3;2*1H;/q-1;;-1;;;+2/p-2. The molecule has 160 valence electrons. The molecule has 0 N–H and O–H groups in total. The Morgan fingerprint density at radius 2 is 1.04 bits per heavy atom. The van der Waals surface area contributed by atoms with Gasteiger partial charge in [0, 0.05) is 5.16 Å². The average Bonchev–Trinajstić information content (AvgIpc) is 3.21. The van der Waals surface area contributed by atoms with Gasteiger partial charge in [0.05, 0.1) is 0 Å². The van der Waals surface area contributed by atoms with E-state index >= 15 is 0 Å². The predicted molar refractivity (Wildman–Crippen MR) is 127 cm³/mol. The van der Waals surface area contributed by atoms with Gasteiger partial charge in [0.25, 0.3) is 0 Å². The molecule has 1 saturated carbocycles. The van der Waals surface area contributed by atoms with E-state index in [9.17, 15) is 5.16 Å². The number of hydrogen-bond donors (Lipinski definition) is 0. The Labute approximate surface area is 187 Å². The van der Waals surface area contributed by atoms with Crippen molar-refractivity contribution in [1.82, 2.24) is 0 Å². The molecule has 0 aromatic carbocycles. The zero-order valence-electron chi connectivity index (χ0n) is 19.3. The molecule has 2 rings (SSSR count). The second kappa shape index (κ2) is 13.3. The zero-order chi connectivity index (χ0) is 20.7. The van der Waals surface area contributed by atoms with Gasteiger partial charge in [0.1, 0.15) is 0 Å². The minimum atomic E-state index is -2.08. The van der Waals surface area contributed by atoms with Gasteiger partial charge in [0.15, 0.2) is 0 Å². The van der Waals surface area contributed by atoms with Crippen molar-refractivity contribution in [3.05, 3.63) is 34.9 Å². The molecule has 0 aromatic heterocycles. The average molecular weight is 470 g/mol. The Bertz CT molecular complexity index is 517. The topological polar surface area (TPSA) is 22.3 Å². The van der Waals surface area contributed by atoms with Crippen LogP contribution in [0.25, 0.3) is 5.16 Å². The number of hydrogen-bond acceptors (Lipinski definition) is 0. The van der Waals surface area contributed by atoms with Crippen LogP contribution in [0.4, 0.5) is 0 Å². The fraction of sp³-hybridized carbons (Fsp3) is 0.773. The van der Waals surface area contributed by atoms with Crippen molar-refractivity contribution in [3.63, 3.8) is 0 Å².